The molecule has 0 N–H and O–H groups in total. The van der Waals surface area contributed by atoms with Gasteiger partial charge < -0.3 is 4.74 Å². The Morgan fingerprint density at radius 3 is 1.87 bits per heavy atom. The SMILES string of the molecule is O=C1c2ccccc2C(OCc2ccccc2)(c2ccccc2)N1Cc1ccccc1. The molecule has 1 aliphatic heterocycles. The van der Waals surface area contributed by atoms with E-state index in [0.717, 1.165) is 22.3 Å². The molecule has 1 atom stereocenters. The number of hydrogen-bond donors (Lipinski definition) is 0. The van der Waals surface area contributed by atoms with E-state index in [1.165, 1.54) is 0 Å². The van der Waals surface area contributed by atoms with Gasteiger partial charge in [-0.25, -0.2) is 0 Å². The van der Waals surface area contributed by atoms with Gasteiger partial charge in [-0.1, -0.05) is 109 Å². The van der Waals surface area contributed by atoms with Crippen molar-refractivity contribution < 1.29 is 9.53 Å². The summed E-state index contributed by atoms with van der Waals surface area (Å²) in [6.45, 7) is 0.848. The zero-order valence-corrected chi connectivity index (χ0v) is 17.1. The van der Waals surface area contributed by atoms with Crippen LogP contribution in [0, 0.1) is 0 Å². The van der Waals surface area contributed by atoms with Gasteiger partial charge >= 0.3 is 0 Å². The molecule has 0 saturated carbocycles. The van der Waals surface area contributed by atoms with E-state index in [0.29, 0.717) is 18.7 Å². The van der Waals surface area contributed by atoms with Crippen molar-refractivity contribution in [3.05, 3.63) is 143 Å². The van der Waals surface area contributed by atoms with Crippen molar-refractivity contribution >= 4 is 5.91 Å². The normalized spacial score (nSPS) is 17.5. The second-order valence-electron chi connectivity index (χ2n) is 7.71. The number of fused-ring (bicyclic) bond motifs is 1. The first kappa shape index (κ1) is 19.3. The van der Waals surface area contributed by atoms with E-state index < -0.39 is 5.72 Å². The summed E-state index contributed by atoms with van der Waals surface area (Å²) in [6, 6.07) is 38.0. The molecule has 152 valence electrons. The molecule has 0 radical (unpaired) electrons. The Morgan fingerprint density at radius 1 is 0.645 bits per heavy atom. The number of amides is 1. The van der Waals surface area contributed by atoms with Gasteiger partial charge in [0.15, 0.2) is 5.72 Å². The molecule has 0 spiro atoms. The fourth-order valence-electron chi connectivity index (χ4n) is 4.32. The zero-order chi connectivity index (χ0) is 21.1. The van der Waals surface area contributed by atoms with Gasteiger partial charge in [-0.2, -0.15) is 0 Å². The van der Waals surface area contributed by atoms with Gasteiger partial charge in [0.2, 0.25) is 0 Å². The van der Waals surface area contributed by atoms with Gasteiger partial charge in [0.05, 0.1) is 6.61 Å². The molecule has 4 aromatic rings. The summed E-state index contributed by atoms with van der Waals surface area (Å²) in [7, 11) is 0. The van der Waals surface area contributed by atoms with Gasteiger partial charge in [-0.15, -0.1) is 0 Å². The second-order valence-corrected chi connectivity index (χ2v) is 7.71. The lowest BCUT2D eigenvalue weighted by molar-refractivity contribution is -0.120. The molecule has 3 nitrogen and oxygen atoms in total. The Morgan fingerprint density at radius 2 is 1.19 bits per heavy atom. The number of carbonyl (C=O) groups excluding carboxylic acids is 1. The highest BCUT2D eigenvalue weighted by atomic mass is 16.5. The van der Waals surface area contributed by atoms with Crippen LogP contribution >= 0.6 is 0 Å². The number of benzene rings is 4. The molecular weight excluding hydrogens is 382 g/mol. The molecule has 0 saturated heterocycles. The molecule has 1 heterocycles. The average Bonchev–Trinajstić information content (AvgIpc) is 3.08. The first-order chi connectivity index (χ1) is 15.3. The highest BCUT2D eigenvalue weighted by Gasteiger charge is 2.52. The van der Waals surface area contributed by atoms with Crippen LogP contribution in [0.15, 0.2) is 115 Å². The van der Waals surface area contributed by atoms with Gasteiger partial charge in [-0.3, -0.25) is 9.69 Å². The summed E-state index contributed by atoms with van der Waals surface area (Å²) in [5.74, 6) is -0.0173. The first-order valence-electron chi connectivity index (χ1n) is 10.5. The van der Waals surface area contributed by atoms with Crippen LogP contribution in [0.25, 0.3) is 0 Å². The van der Waals surface area contributed by atoms with Crippen LogP contribution in [0.1, 0.15) is 32.6 Å². The minimum atomic E-state index is -0.999. The Bertz CT molecular complexity index is 1180. The van der Waals surface area contributed by atoms with Gasteiger partial charge in [-0.05, 0) is 17.2 Å². The third-order valence-electron chi connectivity index (χ3n) is 5.79. The van der Waals surface area contributed by atoms with Crippen LogP contribution in [0.2, 0.25) is 0 Å². The Hall–Kier alpha value is -3.69. The summed E-state index contributed by atoms with van der Waals surface area (Å²) < 4.78 is 6.75. The average molecular weight is 405 g/mol. The van der Waals surface area contributed by atoms with Crippen molar-refractivity contribution in [1.82, 2.24) is 4.90 Å². The second kappa shape index (κ2) is 8.21. The number of hydrogen-bond acceptors (Lipinski definition) is 2. The van der Waals surface area contributed by atoms with E-state index in [9.17, 15) is 4.79 Å². The van der Waals surface area contributed by atoms with Crippen molar-refractivity contribution in [3.63, 3.8) is 0 Å². The number of rotatable bonds is 6. The van der Waals surface area contributed by atoms with E-state index in [4.69, 9.17) is 4.74 Å². The first-order valence-corrected chi connectivity index (χ1v) is 10.5. The Balaban J connectivity index is 1.66. The largest absolute Gasteiger partial charge is 0.342 e. The maximum Gasteiger partial charge on any atom is 0.257 e. The minimum absolute atomic E-state index is 0.0173. The predicted octanol–water partition coefficient (Wildman–Crippen LogP) is 5.76. The lowest BCUT2D eigenvalue weighted by Gasteiger charge is -2.39. The molecule has 3 heteroatoms. The smallest absolute Gasteiger partial charge is 0.257 e. The van der Waals surface area contributed by atoms with E-state index in [2.05, 4.69) is 0 Å². The van der Waals surface area contributed by atoms with Crippen molar-refractivity contribution in [2.75, 3.05) is 0 Å². The van der Waals surface area contributed by atoms with Crippen LogP contribution in [0.3, 0.4) is 0 Å². The van der Waals surface area contributed by atoms with Gasteiger partial charge in [0.25, 0.3) is 5.91 Å². The van der Waals surface area contributed by atoms with Crippen LogP contribution in [-0.2, 0) is 23.6 Å². The third kappa shape index (κ3) is 3.43. The molecule has 4 aromatic carbocycles. The lowest BCUT2D eigenvalue weighted by Crippen LogP contribution is -2.46. The van der Waals surface area contributed by atoms with Crippen molar-refractivity contribution in [2.45, 2.75) is 18.9 Å². The summed E-state index contributed by atoms with van der Waals surface area (Å²) in [5, 5.41) is 0. The molecule has 31 heavy (non-hydrogen) atoms. The fraction of sp³-hybridized carbons (Fsp3) is 0.107. The van der Waals surface area contributed by atoms with Crippen LogP contribution < -0.4 is 0 Å². The number of nitrogens with zero attached hydrogens (tertiary/aromatic N) is 1. The Kier molecular flexibility index (Phi) is 5.11. The van der Waals surface area contributed by atoms with E-state index in [1.807, 2.05) is 120 Å². The molecule has 1 aliphatic rings. The molecule has 0 bridgehead atoms. The van der Waals surface area contributed by atoms with E-state index in [-0.39, 0.29) is 5.91 Å². The summed E-state index contributed by atoms with van der Waals surface area (Å²) in [6.07, 6.45) is 0. The van der Waals surface area contributed by atoms with Crippen LogP contribution in [0.5, 0.6) is 0 Å². The number of carbonyl (C=O) groups is 1. The standard InChI is InChI=1S/C28H23NO2/c30-27-25-18-10-11-19-26(25)28(24-16-8-3-9-17-24,31-21-23-14-6-2-7-15-23)29(27)20-22-12-4-1-5-13-22/h1-19H,20-21H2. The molecule has 1 amide bonds. The molecule has 5 rings (SSSR count). The fourth-order valence-corrected chi connectivity index (χ4v) is 4.32. The van der Waals surface area contributed by atoms with E-state index in [1.54, 1.807) is 0 Å². The summed E-state index contributed by atoms with van der Waals surface area (Å²) in [4.78, 5) is 15.5. The molecule has 1 unspecified atom stereocenters. The third-order valence-corrected chi connectivity index (χ3v) is 5.79. The zero-order valence-electron chi connectivity index (χ0n) is 17.1. The van der Waals surface area contributed by atoms with Crippen molar-refractivity contribution in [2.24, 2.45) is 0 Å². The number of ether oxygens (including phenoxy) is 1. The Labute approximate surface area is 182 Å². The maximum atomic E-state index is 13.6. The van der Waals surface area contributed by atoms with Gasteiger partial charge in [0.1, 0.15) is 0 Å². The highest BCUT2D eigenvalue weighted by molar-refractivity contribution is 6.00. The van der Waals surface area contributed by atoms with E-state index >= 15 is 0 Å². The molecule has 0 fully saturated rings. The van der Waals surface area contributed by atoms with Crippen molar-refractivity contribution in [3.8, 4) is 0 Å². The highest BCUT2D eigenvalue weighted by Crippen LogP contribution is 2.46. The van der Waals surface area contributed by atoms with Crippen LogP contribution in [-0.4, -0.2) is 10.8 Å². The lowest BCUT2D eigenvalue weighted by atomic mass is 9.93. The van der Waals surface area contributed by atoms with Gasteiger partial charge in [0, 0.05) is 23.2 Å². The summed E-state index contributed by atoms with van der Waals surface area (Å²) in [5.41, 5.74) is 3.65. The predicted molar refractivity (Wildman–Crippen MR) is 121 cm³/mol. The topological polar surface area (TPSA) is 29.5 Å². The minimum Gasteiger partial charge on any atom is -0.342 e. The molecule has 0 aliphatic carbocycles. The molecular formula is C28H23NO2. The maximum absolute atomic E-state index is 13.6. The quantitative estimate of drug-likeness (QED) is 0.408. The monoisotopic (exact) mass is 405 g/mol. The molecule has 0 aromatic heterocycles. The van der Waals surface area contributed by atoms with Crippen LogP contribution in [0.4, 0.5) is 0 Å². The summed E-state index contributed by atoms with van der Waals surface area (Å²) >= 11 is 0. The van der Waals surface area contributed by atoms with Crippen molar-refractivity contribution in [1.29, 1.82) is 0 Å².